The summed E-state index contributed by atoms with van der Waals surface area (Å²) in [5, 5.41) is 5.57. The molecule has 1 fully saturated rings. The maximum atomic E-state index is 12.6. The summed E-state index contributed by atoms with van der Waals surface area (Å²) in [6.07, 6.45) is 0. The van der Waals surface area contributed by atoms with Gasteiger partial charge in [0.15, 0.2) is 5.13 Å². The van der Waals surface area contributed by atoms with Crippen LogP contribution >= 0.6 is 22.9 Å². The number of hydrogen-bond acceptors (Lipinski definition) is 8. The first-order valence-electron chi connectivity index (χ1n) is 9.53. The van der Waals surface area contributed by atoms with Crippen LogP contribution in [0.1, 0.15) is 31.8 Å². The molecule has 12 heteroatoms. The molecule has 162 valence electrons. The Morgan fingerprint density at radius 1 is 1.06 bits per heavy atom. The van der Waals surface area contributed by atoms with Crippen molar-refractivity contribution in [3.8, 4) is 5.69 Å². The number of rotatable bonds is 4. The van der Waals surface area contributed by atoms with Crippen molar-refractivity contribution in [2.45, 2.75) is 13.8 Å². The second-order valence-corrected chi connectivity index (χ2v) is 8.20. The van der Waals surface area contributed by atoms with E-state index in [1.54, 1.807) is 38.1 Å². The number of anilines is 1. The van der Waals surface area contributed by atoms with Crippen LogP contribution < -0.4 is 15.8 Å². The topological polar surface area (TPSA) is 114 Å². The predicted octanol–water partition coefficient (Wildman–Crippen LogP) is 1.91. The van der Waals surface area contributed by atoms with Crippen molar-refractivity contribution in [1.82, 2.24) is 30.6 Å². The van der Waals surface area contributed by atoms with Crippen molar-refractivity contribution >= 4 is 39.9 Å². The van der Waals surface area contributed by atoms with Gasteiger partial charge in [-0.25, -0.2) is 14.6 Å². The summed E-state index contributed by atoms with van der Waals surface area (Å²) in [7, 11) is 0. The van der Waals surface area contributed by atoms with Crippen LogP contribution in [0, 0.1) is 13.8 Å². The fraction of sp³-hybridized carbons (Fsp3) is 0.316. The van der Waals surface area contributed by atoms with E-state index in [-0.39, 0.29) is 5.82 Å². The van der Waals surface area contributed by atoms with E-state index < -0.39 is 11.8 Å². The maximum absolute atomic E-state index is 12.6. The fourth-order valence-electron chi connectivity index (χ4n) is 3.02. The first kappa shape index (κ1) is 21.2. The molecule has 10 nitrogen and oxygen atoms in total. The van der Waals surface area contributed by atoms with Gasteiger partial charge in [0.1, 0.15) is 10.7 Å². The van der Waals surface area contributed by atoms with Crippen LogP contribution in [-0.4, -0.2) is 57.9 Å². The highest BCUT2D eigenvalue weighted by atomic mass is 35.5. The predicted molar refractivity (Wildman–Crippen MR) is 116 cm³/mol. The van der Waals surface area contributed by atoms with Gasteiger partial charge in [0.05, 0.1) is 24.6 Å². The van der Waals surface area contributed by atoms with E-state index in [1.807, 2.05) is 0 Å². The van der Waals surface area contributed by atoms with E-state index in [0.29, 0.717) is 40.3 Å². The summed E-state index contributed by atoms with van der Waals surface area (Å²) in [5.74, 6) is -0.619. The number of halogens is 1. The molecule has 3 heterocycles. The second-order valence-electron chi connectivity index (χ2n) is 6.79. The van der Waals surface area contributed by atoms with Gasteiger partial charge in [-0.15, -0.1) is 5.10 Å². The lowest BCUT2D eigenvalue weighted by Crippen LogP contribution is -2.42. The quantitative estimate of drug-likeness (QED) is 0.570. The Balaban J connectivity index is 1.41. The largest absolute Gasteiger partial charge is 0.378 e. The number of thiazole rings is 1. The zero-order chi connectivity index (χ0) is 22.0. The second kappa shape index (κ2) is 9.00. The van der Waals surface area contributed by atoms with E-state index in [1.165, 1.54) is 16.0 Å². The minimum absolute atomic E-state index is 0.0669. The lowest BCUT2D eigenvalue weighted by molar-refractivity contribution is 0.0842. The van der Waals surface area contributed by atoms with E-state index in [9.17, 15) is 9.59 Å². The van der Waals surface area contributed by atoms with E-state index in [4.69, 9.17) is 16.3 Å². The number of carbonyl (C=O) groups excluding carboxylic acids is 2. The number of aryl methyl sites for hydroxylation is 2. The van der Waals surface area contributed by atoms with Gasteiger partial charge in [0.2, 0.25) is 5.82 Å². The summed E-state index contributed by atoms with van der Waals surface area (Å²) in [6, 6.07) is 6.99. The van der Waals surface area contributed by atoms with Crippen LogP contribution in [0.5, 0.6) is 0 Å². The highest BCUT2D eigenvalue weighted by Gasteiger charge is 2.22. The summed E-state index contributed by atoms with van der Waals surface area (Å²) in [5.41, 5.74) is 6.09. The molecular weight excluding hydrogens is 442 g/mol. The molecule has 1 saturated heterocycles. The van der Waals surface area contributed by atoms with Crippen molar-refractivity contribution in [3.05, 3.63) is 51.5 Å². The van der Waals surface area contributed by atoms with Gasteiger partial charge in [-0.1, -0.05) is 22.9 Å². The number of hydrogen-bond donors (Lipinski definition) is 2. The number of morpholine rings is 1. The van der Waals surface area contributed by atoms with Crippen molar-refractivity contribution in [1.29, 1.82) is 0 Å². The van der Waals surface area contributed by atoms with Crippen LogP contribution in [-0.2, 0) is 4.74 Å². The number of amides is 2. The first-order valence-corrected chi connectivity index (χ1v) is 10.7. The van der Waals surface area contributed by atoms with Crippen LogP contribution in [0.4, 0.5) is 5.13 Å². The molecule has 2 N–H and O–H groups in total. The molecule has 0 radical (unpaired) electrons. The van der Waals surface area contributed by atoms with Crippen molar-refractivity contribution in [2.24, 2.45) is 0 Å². The zero-order valence-corrected chi connectivity index (χ0v) is 18.5. The molecule has 1 aliphatic rings. The van der Waals surface area contributed by atoms with E-state index in [0.717, 1.165) is 18.2 Å². The molecular formula is C19H20ClN7O3S. The molecule has 2 aromatic heterocycles. The highest BCUT2D eigenvalue weighted by molar-refractivity contribution is 7.17. The standard InChI is InChI=1S/C19H20ClN7O3S/c1-11-15(31-19(21-11)26-7-9-30-10-8-26)17(28)23-24-18(29)16-22-12(2)27(25-16)14-5-3-13(20)4-6-14/h3-6H,7-10H2,1-2H3,(H,23,28)(H,24,29). The molecule has 0 unspecified atom stereocenters. The van der Waals surface area contributed by atoms with Gasteiger partial charge in [0, 0.05) is 18.1 Å². The van der Waals surface area contributed by atoms with Crippen LogP contribution in [0.25, 0.3) is 5.69 Å². The Morgan fingerprint density at radius 2 is 1.74 bits per heavy atom. The Kier molecular flexibility index (Phi) is 6.16. The molecule has 2 amide bonds. The van der Waals surface area contributed by atoms with Gasteiger partial charge >= 0.3 is 5.91 Å². The minimum atomic E-state index is -0.625. The van der Waals surface area contributed by atoms with Gasteiger partial charge in [-0.3, -0.25) is 20.4 Å². The summed E-state index contributed by atoms with van der Waals surface area (Å²) in [4.78, 5) is 36.2. The highest BCUT2D eigenvalue weighted by Crippen LogP contribution is 2.26. The fourth-order valence-corrected chi connectivity index (χ4v) is 4.16. The van der Waals surface area contributed by atoms with Crippen molar-refractivity contribution < 1.29 is 14.3 Å². The molecule has 0 spiro atoms. The Hall–Kier alpha value is -3.02. The Morgan fingerprint density at radius 3 is 2.45 bits per heavy atom. The summed E-state index contributed by atoms with van der Waals surface area (Å²) >= 11 is 7.19. The molecule has 0 saturated carbocycles. The molecule has 0 aliphatic carbocycles. The van der Waals surface area contributed by atoms with Crippen LogP contribution in [0.2, 0.25) is 5.02 Å². The van der Waals surface area contributed by atoms with E-state index >= 15 is 0 Å². The van der Waals surface area contributed by atoms with Gasteiger partial charge < -0.3 is 9.64 Å². The summed E-state index contributed by atoms with van der Waals surface area (Å²) < 4.78 is 6.87. The number of aromatic nitrogens is 4. The zero-order valence-electron chi connectivity index (χ0n) is 16.9. The first-order chi connectivity index (χ1) is 14.9. The number of nitrogens with zero attached hydrogens (tertiary/aromatic N) is 5. The van der Waals surface area contributed by atoms with E-state index in [2.05, 4.69) is 30.8 Å². The monoisotopic (exact) mass is 461 g/mol. The average molecular weight is 462 g/mol. The average Bonchev–Trinajstić information content (AvgIpc) is 3.36. The van der Waals surface area contributed by atoms with Gasteiger partial charge in [0.25, 0.3) is 5.91 Å². The molecule has 1 aliphatic heterocycles. The molecule has 31 heavy (non-hydrogen) atoms. The van der Waals surface area contributed by atoms with Crippen LogP contribution in [0.15, 0.2) is 24.3 Å². The molecule has 0 bridgehead atoms. The summed E-state index contributed by atoms with van der Waals surface area (Å²) in [6.45, 7) is 6.20. The molecule has 1 aromatic carbocycles. The van der Waals surface area contributed by atoms with Crippen LogP contribution in [0.3, 0.4) is 0 Å². The molecule has 4 rings (SSSR count). The lowest BCUT2D eigenvalue weighted by atomic mass is 10.3. The van der Waals surface area contributed by atoms with Gasteiger partial charge in [-0.05, 0) is 38.1 Å². The Bertz CT molecular complexity index is 1110. The normalized spacial score (nSPS) is 13.8. The van der Waals surface area contributed by atoms with Crippen molar-refractivity contribution in [3.63, 3.8) is 0 Å². The number of carbonyl (C=O) groups is 2. The molecule has 0 atom stereocenters. The number of benzene rings is 1. The molecule has 3 aromatic rings. The number of nitrogens with one attached hydrogen (secondary N) is 2. The Labute approximate surface area is 187 Å². The van der Waals surface area contributed by atoms with Crippen molar-refractivity contribution in [2.75, 3.05) is 31.2 Å². The lowest BCUT2D eigenvalue weighted by Gasteiger charge is -2.25. The third-order valence-corrected chi connectivity index (χ3v) is 6.07. The third-order valence-electron chi connectivity index (χ3n) is 4.61. The smallest absolute Gasteiger partial charge is 0.309 e. The van der Waals surface area contributed by atoms with Gasteiger partial charge in [-0.2, -0.15) is 0 Å². The third kappa shape index (κ3) is 4.68. The maximum Gasteiger partial charge on any atom is 0.309 e. The number of ether oxygens (including phenoxy) is 1. The SMILES string of the molecule is Cc1nc(N2CCOCC2)sc1C(=O)NNC(=O)c1nc(C)n(-c2ccc(Cl)cc2)n1. The number of hydrazine groups is 1. The minimum Gasteiger partial charge on any atom is -0.378 e.